The third-order valence-electron chi connectivity index (χ3n) is 2.72. The molecule has 0 aliphatic rings. The van der Waals surface area contributed by atoms with E-state index in [1.54, 1.807) is 19.1 Å². The molecule has 2 nitrogen and oxygen atoms in total. The Bertz CT molecular complexity index is 617. The molecule has 0 saturated heterocycles. The molecule has 0 bridgehead atoms. The molecule has 5 heteroatoms. The minimum atomic E-state index is -0.423. The lowest BCUT2D eigenvalue weighted by Crippen LogP contribution is -2.19. The third-order valence-corrected chi connectivity index (χ3v) is 3.37. The quantitative estimate of drug-likeness (QED) is 0.893. The van der Waals surface area contributed by atoms with E-state index in [4.69, 9.17) is 10.5 Å². The van der Waals surface area contributed by atoms with E-state index >= 15 is 0 Å². The average Bonchev–Trinajstić information content (AvgIpc) is 2.37. The van der Waals surface area contributed by atoms with Gasteiger partial charge in [0, 0.05) is 17.7 Å². The van der Waals surface area contributed by atoms with E-state index in [0.29, 0.717) is 28.0 Å². The Morgan fingerprint density at radius 1 is 1.20 bits per heavy atom. The van der Waals surface area contributed by atoms with Crippen molar-refractivity contribution >= 4 is 15.9 Å². The fraction of sp³-hybridized carbons (Fsp3) is 0.200. The number of ether oxygens (including phenoxy) is 1. The maximum Gasteiger partial charge on any atom is 0.144 e. The highest BCUT2D eigenvalue weighted by atomic mass is 79.9. The Morgan fingerprint density at radius 3 is 2.65 bits per heavy atom. The van der Waals surface area contributed by atoms with Crippen molar-refractivity contribution in [3.8, 4) is 11.5 Å². The van der Waals surface area contributed by atoms with Gasteiger partial charge >= 0.3 is 0 Å². The molecule has 106 valence electrons. The van der Waals surface area contributed by atoms with Gasteiger partial charge in [0.1, 0.15) is 23.1 Å². The highest BCUT2D eigenvalue weighted by Crippen LogP contribution is 2.33. The van der Waals surface area contributed by atoms with E-state index in [1.165, 1.54) is 24.3 Å². The van der Waals surface area contributed by atoms with Crippen LogP contribution in [0.2, 0.25) is 0 Å². The van der Waals surface area contributed by atoms with Crippen LogP contribution in [0.3, 0.4) is 0 Å². The minimum absolute atomic E-state index is 0.204. The van der Waals surface area contributed by atoms with Crippen molar-refractivity contribution < 1.29 is 13.5 Å². The predicted molar refractivity (Wildman–Crippen MR) is 77.9 cm³/mol. The largest absolute Gasteiger partial charge is 0.456 e. The van der Waals surface area contributed by atoms with Gasteiger partial charge in [0.25, 0.3) is 0 Å². The molecular formula is C15H14BrF2NO. The van der Waals surface area contributed by atoms with E-state index in [-0.39, 0.29) is 11.9 Å². The number of halogens is 3. The molecular weight excluding hydrogens is 328 g/mol. The molecule has 0 radical (unpaired) electrons. The average molecular weight is 342 g/mol. The van der Waals surface area contributed by atoms with Crippen LogP contribution >= 0.6 is 15.9 Å². The summed E-state index contributed by atoms with van der Waals surface area (Å²) in [5.74, 6) is -0.171. The zero-order chi connectivity index (χ0) is 14.7. The monoisotopic (exact) mass is 341 g/mol. The van der Waals surface area contributed by atoms with E-state index < -0.39 is 5.82 Å². The lowest BCUT2D eigenvalue weighted by atomic mass is 10.1. The standard InChI is InChI=1S/C15H14BrF2NO/c1-9(19)7-11-13(18)3-2-4-14(11)20-15-8-10(17)5-6-12(15)16/h2-6,8-9H,7,19H2,1H3. The van der Waals surface area contributed by atoms with Crippen LogP contribution in [0, 0.1) is 11.6 Å². The summed E-state index contributed by atoms with van der Waals surface area (Å²) < 4.78 is 33.3. The van der Waals surface area contributed by atoms with Crippen LogP contribution in [0.4, 0.5) is 8.78 Å². The summed E-state index contributed by atoms with van der Waals surface area (Å²) in [7, 11) is 0. The third kappa shape index (κ3) is 3.55. The number of hydrogen-bond donors (Lipinski definition) is 1. The van der Waals surface area contributed by atoms with Crippen molar-refractivity contribution in [1.29, 1.82) is 0 Å². The Hall–Kier alpha value is -1.46. The first kappa shape index (κ1) is 14.9. The number of benzene rings is 2. The van der Waals surface area contributed by atoms with E-state index in [1.807, 2.05) is 0 Å². The SMILES string of the molecule is CC(N)Cc1c(F)cccc1Oc1cc(F)ccc1Br. The first-order valence-electron chi connectivity index (χ1n) is 6.13. The molecule has 1 atom stereocenters. The maximum absolute atomic E-state index is 13.9. The number of nitrogens with two attached hydrogens (primary N) is 1. The molecule has 1 unspecified atom stereocenters. The van der Waals surface area contributed by atoms with Gasteiger partial charge in [-0.1, -0.05) is 6.07 Å². The molecule has 0 aliphatic heterocycles. The topological polar surface area (TPSA) is 35.2 Å². The predicted octanol–water partition coefficient (Wildman–Crippen LogP) is 4.41. The Balaban J connectivity index is 2.38. The molecule has 2 rings (SSSR count). The van der Waals surface area contributed by atoms with Crippen LogP contribution in [0.25, 0.3) is 0 Å². The van der Waals surface area contributed by atoms with Crippen molar-refractivity contribution in [3.05, 3.63) is 58.1 Å². The molecule has 2 aromatic carbocycles. The second-order valence-electron chi connectivity index (χ2n) is 4.57. The fourth-order valence-electron chi connectivity index (χ4n) is 1.83. The van der Waals surface area contributed by atoms with Crippen molar-refractivity contribution in [2.75, 3.05) is 0 Å². The molecule has 0 spiro atoms. The highest BCUT2D eigenvalue weighted by molar-refractivity contribution is 9.10. The molecule has 0 saturated carbocycles. The summed E-state index contributed by atoms with van der Waals surface area (Å²) >= 11 is 3.27. The van der Waals surface area contributed by atoms with Gasteiger partial charge in [0.05, 0.1) is 4.47 Å². The van der Waals surface area contributed by atoms with Crippen LogP contribution in [-0.4, -0.2) is 6.04 Å². The second kappa shape index (κ2) is 6.33. The summed E-state index contributed by atoms with van der Waals surface area (Å²) in [5.41, 5.74) is 6.11. The van der Waals surface area contributed by atoms with E-state index in [2.05, 4.69) is 15.9 Å². The second-order valence-corrected chi connectivity index (χ2v) is 5.43. The van der Waals surface area contributed by atoms with Crippen molar-refractivity contribution in [2.45, 2.75) is 19.4 Å². The van der Waals surface area contributed by atoms with Gasteiger partial charge in [-0.3, -0.25) is 0 Å². The fourth-order valence-corrected chi connectivity index (χ4v) is 2.16. The molecule has 20 heavy (non-hydrogen) atoms. The summed E-state index contributed by atoms with van der Waals surface area (Å²) in [6, 6.07) is 8.42. The van der Waals surface area contributed by atoms with Crippen molar-refractivity contribution in [1.82, 2.24) is 0 Å². The normalized spacial score (nSPS) is 12.2. The van der Waals surface area contributed by atoms with Gasteiger partial charge < -0.3 is 10.5 Å². The first-order valence-corrected chi connectivity index (χ1v) is 6.92. The molecule has 2 aromatic rings. The van der Waals surface area contributed by atoms with Gasteiger partial charge in [-0.15, -0.1) is 0 Å². The number of rotatable bonds is 4. The van der Waals surface area contributed by atoms with Crippen LogP contribution < -0.4 is 10.5 Å². The van der Waals surface area contributed by atoms with Crippen molar-refractivity contribution in [2.24, 2.45) is 5.73 Å². The van der Waals surface area contributed by atoms with Gasteiger partial charge in [0.2, 0.25) is 0 Å². The smallest absolute Gasteiger partial charge is 0.144 e. The molecule has 0 heterocycles. The van der Waals surface area contributed by atoms with E-state index in [0.717, 1.165) is 0 Å². The van der Waals surface area contributed by atoms with Gasteiger partial charge in [-0.05, 0) is 53.5 Å². The van der Waals surface area contributed by atoms with Gasteiger partial charge in [0.15, 0.2) is 0 Å². The Kier molecular flexibility index (Phi) is 4.73. The summed E-state index contributed by atoms with van der Waals surface area (Å²) in [4.78, 5) is 0. The van der Waals surface area contributed by atoms with Crippen LogP contribution in [0.15, 0.2) is 40.9 Å². The molecule has 2 N–H and O–H groups in total. The molecule has 0 fully saturated rings. The summed E-state index contributed by atoms with van der Waals surface area (Å²) in [5, 5.41) is 0. The van der Waals surface area contributed by atoms with Crippen LogP contribution in [0.1, 0.15) is 12.5 Å². The Morgan fingerprint density at radius 2 is 1.95 bits per heavy atom. The maximum atomic E-state index is 13.9. The molecule has 0 aromatic heterocycles. The van der Waals surface area contributed by atoms with Gasteiger partial charge in [-0.2, -0.15) is 0 Å². The van der Waals surface area contributed by atoms with E-state index in [9.17, 15) is 8.78 Å². The summed E-state index contributed by atoms with van der Waals surface area (Å²) in [6.45, 7) is 1.79. The lowest BCUT2D eigenvalue weighted by Gasteiger charge is -2.14. The van der Waals surface area contributed by atoms with Crippen molar-refractivity contribution in [3.63, 3.8) is 0 Å². The van der Waals surface area contributed by atoms with Crippen LogP contribution in [-0.2, 0) is 6.42 Å². The minimum Gasteiger partial charge on any atom is -0.456 e. The van der Waals surface area contributed by atoms with Gasteiger partial charge in [-0.25, -0.2) is 8.78 Å². The van der Waals surface area contributed by atoms with Crippen LogP contribution in [0.5, 0.6) is 11.5 Å². The summed E-state index contributed by atoms with van der Waals surface area (Å²) in [6.07, 6.45) is 0.342. The lowest BCUT2D eigenvalue weighted by molar-refractivity contribution is 0.456. The highest BCUT2D eigenvalue weighted by Gasteiger charge is 2.13. The zero-order valence-corrected chi connectivity index (χ0v) is 12.5. The molecule has 0 amide bonds. The molecule has 0 aliphatic carbocycles. The Labute approximate surface area is 124 Å². The zero-order valence-electron chi connectivity index (χ0n) is 10.9. The first-order chi connectivity index (χ1) is 9.47. The number of hydrogen-bond acceptors (Lipinski definition) is 2.